The Labute approximate surface area is 277 Å². The zero-order valence-corrected chi connectivity index (χ0v) is 23.8. The van der Waals surface area contributed by atoms with Crippen LogP contribution in [0.4, 0.5) is 154 Å². The average Bonchev–Trinajstić information content (AvgIpc) is 2.79. The lowest BCUT2D eigenvalue weighted by Crippen LogP contribution is -2.88. The minimum atomic E-state index is -11.1. The number of rotatable bonds is 9. The molecule has 3 atom stereocenters. The fourth-order valence-electron chi connectivity index (χ4n) is 4.60. The fourth-order valence-corrected chi connectivity index (χ4v) is 4.85. The normalized spacial score (nSPS) is 19.8. The molecule has 0 aliphatic heterocycles. The van der Waals surface area contributed by atoms with E-state index < -0.39 is 106 Å². The molecule has 0 bridgehead atoms. The topological polar surface area (TPSA) is 17.1 Å². The van der Waals surface area contributed by atoms with Crippen molar-refractivity contribution in [1.29, 1.82) is 0 Å². The summed E-state index contributed by atoms with van der Waals surface area (Å²) in [6, 6.07) is 0. The second-order valence-electron chi connectivity index (χ2n) is 10.0. The SMILES string of the molecule is O=C(Cl)C(F)(C(F)(F)C(F)(F)C(F)(C(F)(F)F)C(F)(F)C(C(F)(F)F)(C(F)(F)F)C(F)(F)F)C(F)(C(F)(F)F)C(F)(F)C(C(F)(F)F)(C(F)(F)F)C(F)(F)F. The van der Waals surface area contributed by atoms with Crippen molar-refractivity contribution in [3.05, 3.63) is 0 Å². The van der Waals surface area contributed by atoms with Crippen LogP contribution in [-0.2, 0) is 4.79 Å². The Morgan fingerprint density at radius 1 is 0.255 bits per heavy atom. The highest BCUT2D eigenvalue weighted by molar-refractivity contribution is 6.65. The molecule has 0 saturated heterocycles. The number of carbonyl (C=O) groups excluding carboxylic acids is 1. The molecular weight excluding hydrogens is 933 g/mol. The molecule has 1 nitrogen and oxygen atoms in total. The first-order valence-corrected chi connectivity index (χ1v) is 11.6. The van der Waals surface area contributed by atoms with Gasteiger partial charge in [0.25, 0.3) is 5.24 Å². The molecular formula is C18ClF35O. The van der Waals surface area contributed by atoms with Crippen molar-refractivity contribution in [3.8, 4) is 0 Å². The summed E-state index contributed by atoms with van der Waals surface area (Å²) in [5.41, 5.74) is -53.5. The molecule has 0 aromatic carbocycles. The van der Waals surface area contributed by atoms with Gasteiger partial charge in [0.2, 0.25) is 0 Å². The monoisotopic (exact) mass is 932 g/mol. The van der Waals surface area contributed by atoms with Crippen LogP contribution in [0.15, 0.2) is 0 Å². The van der Waals surface area contributed by atoms with Crippen molar-refractivity contribution in [2.45, 2.75) is 90.1 Å². The zero-order valence-electron chi connectivity index (χ0n) is 23.0. The maximum Gasteiger partial charge on any atom is 0.434 e. The lowest BCUT2D eigenvalue weighted by Gasteiger charge is -2.54. The van der Waals surface area contributed by atoms with Crippen molar-refractivity contribution < 1.29 is 158 Å². The summed E-state index contributed by atoms with van der Waals surface area (Å²) in [6.45, 7) is 0. The highest BCUT2D eigenvalue weighted by Crippen LogP contribution is 2.78. The molecule has 0 aliphatic rings. The molecule has 0 rings (SSSR count). The van der Waals surface area contributed by atoms with Gasteiger partial charge in [0.1, 0.15) is 0 Å². The lowest BCUT2D eigenvalue weighted by molar-refractivity contribution is -0.526. The van der Waals surface area contributed by atoms with Gasteiger partial charge in [0.15, 0.2) is 0 Å². The minimum Gasteiger partial charge on any atom is -0.277 e. The first kappa shape index (κ1) is 52.5. The van der Waals surface area contributed by atoms with Gasteiger partial charge in [-0.3, -0.25) is 4.79 Å². The highest BCUT2D eigenvalue weighted by atomic mass is 35.5. The molecule has 0 saturated carbocycles. The summed E-state index contributed by atoms with van der Waals surface area (Å²) in [5, 5.41) is -6.24. The minimum absolute atomic E-state index is 3.28. The van der Waals surface area contributed by atoms with E-state index >= 15 is 8.78 Å². The van der Waals surface area contributed by atoms with Crippen molar-refractivity contribution in [2.24, 2.45) is 10.8 Å². The molecule has 0 aromatic rings. The molecule has 37 heteroatoms. The number of hydrogen-bond donors (Lipinski definition) is 0. The van der Waals surface area contributed by atoms with Crippen LogP contribution < -0.4 is 0 Å². The molecule has 0 N–H and O–H groups in total. The average molecular weight is 933 g/mol. The maximum atomic E-state index is 15.4. The van der Waals surface area contributed by atoms with Gasteiger partial charge in [-0.1, -0.05) is 0 Å². The zero-order chi connectivity index (χ0) is 46.1. The van der Waals surface area contributed by atoms with Crippen LogP contribution in [0.25, 0.3) is 0 Å². The molecule has 0 radical (unpaired) electrons. The van der Waals surface area contributed by atoms with Crippen LogP contribution in [-0.4, -0.2) is 95.3 Å². The number of halogens is 36. The van der Waals surface area contributed by atoms with E-state index in [0.717, 1.165) is 0 Å². The quantitative estimate of drug-likeness (QED) is 0.166. The number of alkyl halides is 35. The predicted octanol–water partition coefficient (Wildman–Crippen LogP) is 11.9. The summed E-state index contributed by atoms with van der Waals surface area (Å²) in [7, 11) is 0. The number of carbonyl (C=O) groups is 1. The Bertz CT molecular complexity index is 1350. The van der Waals surface area contributed by atoms with Gasteiger partial charge >= 0.3 is 101 Å². The Morgan fingerprint density at radius 3 is 0.582 bits per heavy atom. The van der Waals surface area contributed by atoms with Crippen LogP contribution in [0.3, 0.4) is 0 Å². The van der Waals surface area contributed by atoms with Gasteiger partial charge < -0.3 is 0 Å². The van der Waals surface area contributed by atoms with Crippen LogP contribution in [0.1, 0.15) is 0 Å². The van der Waals surface area contributed by atoms with E-state index in [9.17, 15) is 150 Å². The van der Waals surface area contributed by atoms with E-state index in [2.05, 4.69) is 11.6 Å². The van der Waals surface area contributed by atoms with Crippen molar-refractivity contribution >= 4 is 16.8 Å². The van der Waals surface area contributed by atoms with E-state index in [1.165, 1.54) is 0 Å². The second kappa shape index (κ2) is 12.5. The first-order chi connectivity index (χ1) is 22.9. The van der Waals surface area contributed by atoms with Gasteiger partial charge in [-0.05, 0) is 11.6 Å². The molecule has 3 unspecified atom stereocenters. The lowest BCUT2D eigenvalue weighted by atomic mass is 9.61. The summed E-state index contributed by atoms with van der Waals surface area (Å²) in [5.74, 6) is -44.0. The molecule has 55 heavy (non-hydrogen) atoms. The van der Waals surface area contributed by atoms with E-state index in [0.29, 0.717) is 0 Å². The third kappa shape index (κ3) is 5.80. The van der Waals surface area contributed by atoms with Crippen molar-refractivity contribution in [2.75, 3.05) is 0 Å². The Morgan fingerprint density at radius 2 is 0.436 bits per heavy atom. The van der Waals surface area contributed by atoms with Crippen LogP contribution in [0.2, 0.25) is 0 Å². The molecule has 0 amide bonds. The molecule has 0 heterocycles. The van der Waals surface area contributed by atoms with Crippen molar-refractivity contribution in [1.82, 2.24) is 0 Å². The first-order valence-electron chi connectivity index (χ1n) is 11.3. The third-order valence-electron chi connectivity index (χ3n) is 7.14. The van der Waals surface area contributed by atoms with Gasteiger partial charge in [-0.2, -0.15) is 123 Å². The maximum absolute atomic E-state index is 15.4. The van der Waals surface area contributed by atoms with Crippen LogP contribution in [0, 0.1) is 10.8 Å². The molecule has 330 valence electrons. The van der Waals surface area contributed by atoms with E-state index in [-0.39, 0.29) is 0 Å². The summed E-state index contributed by atoms with van der Waals surface area (Å²) in [4.78, 5) is 11.2. The van der Waals surface area contributed by atoms with Gasteiger partial charge in [-0.15, -0.1) is 0 Å². The van der Waals surface area contributed by atoms with E-state index in [1.807, 2.05) is 0 Å². The van der Waals surface area contributed by atoms with Crippen LogP contribution >= 0.6 is 11.6 Å². The Balaban J connectivity index is 9.72. The Hall–Kier alpha value is -2.49. The smallest absolute Gasteiger partial charge is 0.277 e. The van der Waals surface area contributed by atoms with Crippen LogP contribution in [0.5, 0.6) is 0 Å². The summed E-state index contributed by atoms with van der Waals surface area (Å²) < 4.78 is 482. The van der Waals surface area contributed by atoms with Gasteiger partial charge in [0, 0.05) is 0 Å². The molecule has 0 fully saturated rings. The van der Waals surface area contributed by atoms with Crippen molar-refractivity contribution in [3.63, 3.8) is 0 Å². The molecule has 0 spiro atoms. The Kier molecular flexibility index (Phi) is 11.9. The fraction of sp³-hybridized carbons (Fsp3) is 0.944. The largest absolute Gasteiger partial charge is 0.434 e. The summed E-state index contributed by atoms with van der Waals surface area (Å²) in [6.07, 6.45) is -78.6. The summed E-state index contributed by atoms with van der Waals surface area (Å²) >= 11 is 3.28. The third-order valence-corrected chi connectivity index (χ3v) is 7.41. The van der Waals surface area contributed by atoms with E-state index in [1.54, 1.807) is 0 Å². The number of hydrogen-bond acceptors (Lipinski definition) is 1. The van der Waals surface area contributed by atoms with Gasteiger partial charge in [0.05, 0.1) is 0 Å². The van der Waals surface area contributed by atoms with Gasteiger partial charge in [-0.25, -0.2) is 30.7 Å². The van der Waals surface area contributed by atoms with E-state index in [4.69, 9.17) is 0 Å². The predicted molar refractivity (Wildman–Crippen MR) is 95.5 cm³/mol. The standard InChI is InChI=1S/C18ClF35O/c19-1(55)2(20,5(21,17(49,50)51)8(25,26)3(11(31,32)33,12(34,35)36)13(37,38)39)7(23,24)10(29,30)6(22,18(52,53)54)9(27,28)4(14(40,41)42,15(43,44)45)16(46,47)48. The second-order valence-corrected chi connectivity index (χ2v) is 10.4. The molecule has 0 aromatic heterocycles. The molecule has 0 aliphatic carbocycles. The highest BCUT2D eigenvalue weighted by Gasteiger charge is 3.09.